The van der Waals surface area contributed by atoms with Crippen molar-refractivity contribution in [3.8, 4) is 0 Å². The molecule has 0 bridgehead atoms. The van der Waals surface area contributed by atoms with Crippen molar-refractivity contribution in [3.05, 3.63) is 35.9 Å². The lowest BCUT2D eigenvalue weighted by Crippen LogP contribution is -2.21. The molecule has 4 heteroatoms. The molecule has 0 unspecified atom stereocenters. The van der Waals surface area contributed by atoms with Crippen molar-refractivity contribution < 1.29 is 14.3 Å². The van der Waals surface area contributed by atoms with Crippen LogP contribution in [0.15, 0.2) is 30.3 Å². The van der Waals surface area contributed by atoms with Gasteiger partial charge in [-0.05, 0) is 5.56 Å². The number of amides is 1. The van der Waals surface area contributed by atoms with Gasteiger partial charge in [-0.3, -0.25) is 9.59 Å². The molecule has 0 aliphatic carbocycles. The topological polar surface area (TPSA) is 69.4 Å². The van der Waals surface area contributed by atoms with Gasteiger partial charge in [0.1, 0.15) is 0 Å². The number of benzene rings is 1. The largest absolute Gasteiger partial charge is 0.455 e. The molecule has 0 saturated heterocycles. The molecule has 14 heavy (non-hydrogen) atoms. The molecular formula is C10H11NO3. The third-order valence-corrected chi connectivity index (χ3v) is 1.57. The average molecular weight is 193 g/mol. The Hall–Kier alpha value is -1.84. The first-order valence-electron chi connectivity index (χ1n) is 4.16. The highest BCUT2D eigenvalue weighted by atomic mass is 16.5. The van der Waals surface area contributed by atoms with Gasteiger partial charge in [0.2, 0.25) is 0 Å². The number of ether oxygens (including phenoxy) is 1. The van der Waals surface area contributed by atoms with Crippen molar-refractivity contribution in [3.63, 3.8) is 0 Å². The second-order valence-electron chi connectivity index (χ2n) is 2.79. The van der Waals surface area contributed by atoms with E-state index < -0.39 is 11.9 Å². The van der Waals surface area contributed by atoms with Crippen molar-refractivity contribution in [1.82, 2.24) is 0 Å². The summed E-state index contributed by atoms with van der Waals surface area (Å²) in [4.78, 5) is 21.4. The Morgan fingerprint density at radius 2 is 1.86 bits per heavy atom. The molecule has 1 aromatic carbocycles. The van der Waals surface area contributed by atoms with E-state index in [1.807, 2.05) is 30.3 Å². The van der Waals surface area contributed by atoms with Gasteiger partial charge in [0.25, 0.3) is 5.91 Å². The number of carbonyl (C=O) groups excluding carboxylic acids is 2. The third kappa shape index (κ3) is 3.71. The lowest BCUT2D eigenvalue weighted by Gasteiger charge is -2.01. The molecule has 0 saturated carbocycles. The number of hydrogen-bond acceptors (Lipinski definition) is 3. The maximum Gasteiger partial charge on any atom is 0.310 e. The fourth-order valence-corrected chi connectivity index (χ4v) is 0.965. The van der Waals surface area contributed by atoms with E-state index in [0.29, 0.717) is 0 Å². The Morgan fingerprint density at radius 3 is 2.43 bits per heavy atom. The molecular weight excluding hydrogens is 182 g/mol. The predicted octanol–water partition coefficient (Wildman–Crippen LogP) is 0.258. The minimum absolute atomic E-state index is 0.161. The number of nitrogens with two attached hydrogens (primary N) is 1. The van der Waals surface area contributed by atoms with Gasteiger partial charge in [-0.15, -0.1) is 0 Å². The van der Waals surface area contributed by atoms with Crippen LogP contribution in [0.3, 0.4) is 0 Å². The minimum atomic E-state index is -0.647. The van der Waals surface area contributed by atoms with Crippen LogP contribution in [-0.4, -0.2) is 18.5 Å². The van der Waals surface area contributed by atoms with E-state index in [4.69, 9.17) is 5.73 Å². The van der Waals surface area contributed by atoms with E-state index in [0.717, 1.165) is 5.56 Å². The first-order valence-corrected chi connectivity index (χ1v) is 4.16. The van der Waals surface area contributed by atoms with Gasteiger partial charge in [0, 0.05) is 0 Å². The van der Waals surface area contributed by atoms with Crippen molar-refractivity contribution in [1.29, 1.82) is 0 Å². The quantitative estimate of drug-likeness (QED) is 0.697. The summed E-state index contributed by atoms with van der Waals surface area (Å²) >= 11 is 0. The summed E-state index contributed by atoms with van der Waals surface area (Å²) in [5.41, 5.74) is 5.67. The molecule has 0 aromatic heterocycles. The zero-order valence-corrected chi connectivity index (χ0v) is 7.60. The molecule has 0 aliphatic rings. The Morgan fingerprint density at radius 1 is 1.21 bits per heavy atom. The Balaban J connectivity index is 2.38. The van der Waals surface area contributed by atoms with Crippen LogP contribution >= 0.6 is 0 Å². The van der Waals surface area contributed by atoms with E-state index >= 15 is 0 Å². The maximum absolute atomic E-state index is 11.1. The van der Waals surface area contributed by atoms with Crippen molar-refractivity contribution in [2.75, 3.05) is 6.61 Å². The molecule has 4 nitrogen and oxygen atoms in total. The molecule has 2 N–H and O–H groups in total. The van der Waals surface area contributed by atoms with Crippen LogP contribution in [-0.2, 0) is 20.7 Å². The number of rotatable bonds is 4. The van der Waals surface area contributed by atoms with Crippen molar-refractivity contribution in [2.45, 2.75) is 6.42 Å². The molecule has 1 amide bonds. The zero-order valence-electron chi connectivity index (χ0n) is 7.60. The van der Waals surface area contributed by atoms with Crippen molar-refractivity contribution in [2.24, 2.45) is 5.73 Å². The van der Waals surface area contributed by atoms with Gasteiger partial charge in [-0.25, -0.2) is 0 Å². The number of primary amides is 1. The molecule has 0 fully saturated rings. The van der Waals surface area contributed by atoms with Gasteiger partial charge < -0.3 is 10.5 Å². The number of esters is 1. The normalized spacial score (nSPS) is 9.43. The van der Waals surface area contributed by atoms with E-state index in [-0.39, 0.29) is 13.0 Å². The van der Waals surface area contributed by atoms with E-state index in [2.05, 4.69) is 4.74 Å². The van der Waals surface area contributed by atoms with Crippen LogP contribution in [0.4, 0.5) is 0 Å². The SMILES string of the molecule is NC(=O)COC(=O)Cc1ccccc1. The zero-order chi connectivity index (χ0) is 10.4. The Labute approximate surface area is 81.7 Å². The van der Waals surface area contributed by atoms with Crippen LogP contribution in [0.2, 0.25) is 0 Å². The van der Waals surface area contributed by atoms with Gasteiger partial charge in [0.05, 0.1) is 6.42 Å². The maximum atomic E-state index is 11.1. The minimum Gasteiger partial charge on any atom is -0.455 e. The summed E-state index contributed by atoms with van der Waals surface area (Å²) in [7, 11) is 0. The Bertz CT molecular complexity index is 321. The third-order valence-electron chi connectivity index (χ3n) is 1.57. The van der Waals surface area contributed by atoms with Gasteiger partial charge >= 0.3 is 5.97 Å². The molecule has 0 heterocycles. The standard InChI is InChI=1S/C10H11NO3/c11-9(12)7-14-10(13)6-8-4-2-1-3-5-8/h1-5H,6-7H2,(H2,11,12). The molecule has 1 rings (SSSR count). The number of carbonyl (C=O) groups is 2. The monoisotopic (exact) mass is 193 g/mol. The van der Waals surface area contributed by atoms with Gasteiger partial charge in [-0.1, -0.05) is 30.3 Å². The summed E-state index contributed by atoms with van der Waals surface area (Å²) in [5, 5.41) is 0. The highest BCUT2D eigenvalue weighted by Gasteiger charge is 2.05. The first kappa shape index (κ1) is 10.2. The first-order chi connectivity index (χ1) is 6.68. The molecule has 0 spiro atoms. The summed E-state index contributed by atoms with van der Waals surface area (Å²) in [6.07, 6.45) is 0.161. The smallest absolute Gasteiger partial charge is 0.310 e. The molecule has 1 aromatic rings. The van der Waals surface area contributed by atoms with Crippen LogP contribution in [0.5, 0.6) is 0 Å². The lowest BCUT2D eigenvalue weighted by atomic mass is 10.2. The van der Waals surface area contributed by atoms with E-state index in [1.165, 1.54) is 0 Å². The van der Waals surface area contributed by atoms with Crippen LogP contribution < -0.4 is 5.73 Å². The second-order valence-corrected chi connectivity index (χ2v) is 2.79. The highest BCUT2D eigenvalue weighted by molar-refractivity contribution is 5.79. The highest BCUT2D eigenvalue weighted by Crippen LogP contribution is 2.00. The summed E-state index contributed by atoms with van der Waals surface area (Å²) in [6.45, 7) is -0.355. The van der Waals surface area contributed by atoms with Crippen LogP contribution in [0.1, 0.15) is 5.56 Å². The van der Waals surface area contributed by atoms with E-state index in [9.17, 15) is 9.59 Å². The number of hydrogen-bond donors (Lipinski definition) is 1. The summed E-state index contributed by atoms with van der Waals surface area (Å²) < 4.78 is 4.59. The van der Waals surface area contributed by atoms with Crippen LogP contribution in [0, 0.1) is 0 Å². The van der Waals surface area contributed by atoms with Gasteiger partial charge in [0.15, 0.2) is 6.61 Å². The molecule has 74 valence electrons. The summed E-state index contributed by atoms with van der Waals surface area (Å²) in [5.74, 6) is -1.10. The summed E-state index contributed by atoms with van der Waals surface area (Å²) in [6, 6.07) is 9.14. The second kappa shape index (κ2) is 5.01. The van der Waals surface area contributed by atoms with E-state index in [1.54, 1.807) is 0 Å². The lowest BCUT2D eigenvalue weighted by molar-refractivity contribution is -0.147. The fourth-order valence-electron chi connectivity index (χ4n) is 0.965. The fraction of sp³-hybridized carbons (Fsp3) is 0.200. The average Bonchev–Trinajstić information content (AvgIpc) is 2.16. The van der Waals surface area contributed by atoms with Crippen LogP contribution in [0.25, 0.3) is 0 Å². The molecule has 0 aliphatic heterocycles. The van der Waals surface area contributed by atoms with Gasteiger partial charge in [-0.2, -0.15) is 0 Å². The van der Waals surface area contributed by atoms with Crippen molar-refractivity contribution >= 4 is 11.9 Å². The molecule has 0 radical (unpaired) electrons. The molecule has 0 atom stereocenters. The predicted molar refractivity (Wildman–Crippen MR) is 50.3 cm³/mol. The Kier molecular flexibility index (Phi) is 3.67.